The molecule has 0 fully saturated rings. The van der Waals surface area contributed by atoms with E-state index in [-0.39, 0.29) is 0 Å². The van der Waals surface area contributed by atoms with E-state index in [1.807, 2.05) is 48.5 Å². The van der Waals surface area contributed by atoms with Crippen molar-refractivity contribution in [3.8, 4) is 62.2 Å². The van der Waals surface area contributed by atoms with Gasteiger partial charge in [0.2, 0.25) is 0 Å². The van der Waals surface area contributed by atoms with Gasteiger partial charge >= 0.3 is 0 Å². The van der Waals surface area contributed by atoms with Crippen LogP contribution in [0.4, 0.5) is 0 Å². The van der Waals surface area contributed by atoms with Gasteiger partial charge in [-0.3, -0.25) is 0 Å². The lowest BCUT2D eigenvalue weighted by molar-refractivity contribution is 1.19. The molecule has 9 rings (SSSR count). The van der Waals surface area contributed by atoms with Crippen LogP contribution in [0.15, 0.2) is 176 Å². The van der Waals surface area contributed by atoms with Crippen LogP contribution in [0, 0.1) is 11.3 Å². The maximum Gasteiger partial charge on any atom is 0.160 e. The summed E-state index contributed by atoms with van der Waals surface area (Å²) in [5.74, 6) is 0.665. The highest BCUT2D eigenvalue weighted by Crippen LogP contribution is 2.46. The normalized spacial score (nSPS) is 11.2. The minimum absolute atomic E-state index is 0.632. The molecule has 232 valence electrons. The van der Waals surface area contributed by atoms with E-state index in [0.29, 0.717) is 11.4 Å². The molecule has 3 heteroatoms. The molecule has 3 nitrogen and oxygen atoms in total. The second kappa shape index (κ2) is 12.3. The molecule has 9 aromatic rings. The lowest BCUT2D eigenvalue weighted by Gasteiger charge is -2.20. The van der Waals surface area contributed by atoms with Crippen molar-refractivity contribution in [1.29, 1.82) is 5.26 Å². The Labute approximate surface area is 290 Å². The fourth-order valence-electron chi connectivity index (χ4n) is 7.24. The van der Waals surface area contributed by atoms with Crippen LogP contribution in [0.2, 0.25) is 0 Å². The van der Waals surface area contributed by atoms with E-state index in [1.54, 1.807) is 0 Å². The zero-order valence-corrected chi connectivity index (χ0v) is 27.1. The molecule has 0 aliphatic heterocycles. The number of nitriles is 1. The van der Waals surface area contributed by atoms with E-state index in [1.165, 1.54) is 32.7 Å². The number of hydrogen-bond donors (Lipinski definition) is 0. The summed E-state index contributed by atoms with van der Waals surface area (Å²) in [6, 6.07) is 63.2. The standard InChI is InChI=1S/C47H29N3/c48-30-31-23-25-33(26-24-31)36-18-9-10-20-38(36)42-29-43(50-47(49-42)35-16-5-2-6-17-35)45-40-22-12-11-21-39(40)44(34-14-3-1-4-15-34)46-37-19-8-7-13-32(37)27-28-41(45)46/h1-29H. The highest BCUT2D eigenvalue weighted by atomic mass is 14.9. The van der Waals surface area contributed by atoms with Gasteiger partial charge in [0.25, 0.3) is 0 Å². The van der Waals surface area contributed by atoms with Gasteiger partial charge in [-0.2, -0.15) is 5.26 Å². The van der Waals surface area contributed by atoms with Crippen molar-refractivity contribution >= 4 is 32.3 Å². The third-order valence-electron chi connectivity index (χ3n) is 9.52. The molecule has 0 aliphatic carbocycles. The van der Waals surface area contributed by atoms with Crippen LogP contribution in [0.3, 0.4) is 0 Å². The van der Waals surface area contributed by atoms with E-state index in [4.69, 9.17) is 9.97 Å². The van der Waals surface area contributed by atoms with E-state index in [9.17, 15) is 5.26 Å². The molecule has 0 aliphatic rings. The first-order valence-corrected chi connectivity index (χ1v) is 16.7. The largest absolute Gasteiger partial charge is 0.228 e. The van der Waals surface area contributed by atoms with Crippen LogP contribution in [-0.4, -0.2) is 9.97 Å². The maximum absolute atomic E-state index is 9.43. The van der Waals surface area contributed by atoms with E-state index >= 15 is 0 Å². The predicted octanol–water partition coefficient (Wildman–Crippen LogP) is 12.1. The number of fused-ring (bicyclic) bond motifs is 4. The van der Waals surface area contributed by atoms with Crippen LogP contribution >= 0.6 is 0 Å². The molecule has 0 N–H and O–H groups in total. The molecule has 0 amide bonds. The van der Waals surface area contributed by atoms with Crippen molar-refractivity contribution in [2.45, 2.75) is 0 Å². The summed E-state index contributed by atoms with van der Waals surface area (Å²) < 4.78 is 0. The van der Waals surface area contributed by atoms with Crippen LogP contribution in [-0.2, 0) is 0 Å². The van der Waals surface area contributed by atoms with E-state index in [2.05, 4.69) is 133 Å². The molecule has 8 aromatic carbocycles. The zero-order chi connectivity index (χ0) is 33.4. The van der Waals surface area contributed by atoms with E-state index < -0.39 is 0 Å². The SMILES string of the molecule is N#Cc1ccc(-c2ccccc2-c2cc(-c3c4ccccc4c(-c4ccccc4)c4c3ccc3ccccc34)nc(-c3ccccc3)n2)cc1. The molecule has 0 unspecified atom stereocenters. The van der Waals surface area contributed by atoms with Crippen molar-refractivity contribution in [2.24, 2.45) is 0 Å². The Kier molecular flexibility index (Phi) is 7.19. The summed E-state index contributed by atoms with van der Waals surface area (Å²) in [5, 5.41) is 16.5. The first kappa shape index (κ1) is 29.3. The quantitative estimate of drug-likeness (QED) is 0.140. The lowest BCUT2D eigenvalue weighted by atomic mass is 9.85. The van der Waals surface area contributed by atoms with Crippen molar-refractivity contribution in [3.05, 3.63) is 181 Å². The summed E-state index contributed by atoms with van der Waals surface area (Å²) in [6.07, 6.45) is 0. The van der Waals surface area contributed by atoms with Crippen molar-refractivity contribution in [1.82, 2.24) is 9.97 Å². The lowest BCUT2D eigenvalue weighted by Crippen LogP contribution is -1.99. The Balaban J connectivity index is 1.40. The Morgan fingerprint density at radius 2 is 0.980 bits per heavy atom. The van der Waals surface area contributed by atoms with Gasteiger partial charge in [-0.1, -0.05) is 158 Å². The molecule has 1 aromatic heterocycles. The number of aromatic nitrogens is 2. The zero-order valence-electron chi connectivity index (χ0n) is 27.1. The Bertz CT molecular complexity index is 2740. The molecule has 0 spiro atoms. The predicted molar refractivity (Wildman–Crippen MR) is 206 cm³/mol. The van der Waals surface area contributed by atoms with Crippen LogP contribution in [0.25, 0.3) is 88.5 Å². The van der Waals surface area contributed by atoms with Gasteiger partial charge in [-0.25, -0.2) is 9.97 Å². The monoisotopic (exact) mass is 635 g/mol. The fourth-order valence-corrected chi connectivity index (χ4v) is 7.24. The maximum atomic E-state index is 9.43. The van der Waals surface area contributed by atoms with Crippen LogP contribution in [0.5, 0.6) is 0 Å². The molecule has 0 radical (unpaired) electrons. The third kappa shape index (κ3) is 4.99. The summed E-state index contributed by atoms with van der Waals surface area (Å²) in [5.41, 5.74) is 9.83. The second-order valence-electron chi connectivity index (χ2n) is 12.4. The Morgan fingerprint density at radius 1 is 0.400 bits per heavy atom. The summed E-state index contributed by atoms with van der Waals surface area (Å²) in [6.45, 7) is 0. The minimum atomic E-state index is 0.632. The number of benzene rings is 8. The number of hydrogen-bond acceptors (Lipinski definition) is 3. The molecule has 0 saturated carbocycles. The number of rotatable bonds is 5. The van der Waals surface area contributed by atoms with Crippen molar-refractivity contribution in [3.63, 3.8) is 0 Å². The third-order valence-corrected chi connectivity index (χ3v) is 9.52. The number of nitrogens with zero attached hydrogens (tertiary/aromatic N) is 3. The van der Waals surface area contributed by atoms with Gasteiger partial charge in [0.15, 0.2) is 5.82 Å². The molecule has 50 heavy (non-hydrogen) atoms. The smallest absolute Gasteiger partial charge is 0.160 e. The average Bonchev–Trinajstić information content (AvgIpc) is 3.20. The molecule has 0 atom stereocenters. The van der Waals surface area contributed by atoms with Gasteiger partial charge in [0, 0.05) is 16.7 Å². The van der Waals surface area contributed by atoms with Gasteiger partial charge < -0.3 is 0 Å². The molecule has 0 bridgehead atoms. The Morgan fingerprint density at radius 3 is 1.70 bits per heavy atom. The average molecular weight is 636 g/mol. The van der Waals surface area contributed by atoms with Gasteiger partial charge in [-0.05, 0) is 72.8 Å². The van der Waals surface area contributed by atoms with Crippen LogP contribution in [0.1, 0.15) is 5.56 Å². The van der Waals surface area contributed by atoms with Crippen LogP contribution < -0.4 is 0 Å². The Hall–Kier alpha value is -6.89. The molecular formula is C47H29N3. The van der Waals surface area contributed by atoms with E-state index in [0.717, 1.165) is 50.0 Å². The highest BCUT2D eigenvalue weighted by Gasteiger charge is 2.21. The van der Waals surface area contributed by atoms with Crippen molar-refractivity contribution < 1.29 is 0 Å². The summed E-state index contributed by atoms with van der Waals surface area (Å²) in [7, 11) is 0. The first-order chi connectivity index (χ1) is 24.8. The molecular weight excluding hydrogens is 607 g/mol. The molecule has 1 heterocycles. The highest BCUT2D eigenvalue weighted by molar-refractivity contribution is 6.27. The van der Waals surface area contributed by atoms with Gasteiger partial charge in [0.1, 0.15) is 0 Å². The topological polar surface area (TPSA) is 49.6 Å². The summed E-state index contributed by atoms with van der Waals surface area (Å²) >= 11 is 0. The van der Waals surface area contributed by atoms with Gasteiger partial charge in [-0.15, -0.1) is 0 Å². The second-order valence-corrected chi connectivity index (χ2v) is 12.4. The van der Waals surface area contributed by atoms with Gasteiger partial charge in [0.05, 0.1) is 23.0 Å². The summed E-state index contributed by atoms with van der Waals surface area (Å²) in [4.78, 5) is 10.6. The fraction of sp³-hybridized carbons (Fsp3) is 0. The molecule has 0 saturated heterocycles. The first-order valence-electron chi connectivity index (χ1n) is 16.7. The minimum Gasteiger partial charge on any atom is -0.228 e. The van der Waals surface area contributed by atoms with Crippen molar-refractivity contribution in [2.75, 3.05) is 0 Å².